The van der Waals surface area contributed by atoms with Gasteiger partial charge >= 0.3 is 0 Å². The van der Waals surface area contributed by atoms with E-state index in [1.54, 1.807) is 0 Å². The lowest BCUT2D eigenvalue weighted by Gasteiger charge is -2.02. The first kappa shape index (κ1) is 12.8. The van der Waals surface area contributed by atoms with E-state index in [4.69, 9.17) is 0 Å². The average molecular weight is 217 g/mol. The van der Waals surface area contributed by atoms with Crippen LogP contribution < -0.4 is 0 Å². The Morgan fingerprint density at radius 2 is 1.88 bits per heavy atom. The van der Waals surface area contributed by atoms with Crippen LogP contribution in [-0.4, -0.2) is 4.57 Å². The van der Waals surface area contributed by atoms with Gasteiger partial charge in [-0.1, -0.05) is 32.9 Å². The van der Waals surface area contributed by atoms with Gasteiger partial charge in [-0.3, -0.25) is 0 Å². The summed E-state index contributed by atoms with van der Waals surface area (Å²) in [6.45, 7) is 10.5. The van der Waals surface area contributed by atoms with Crippen molar-refractivity contribution in [3.63, 3.8) is 0 Å². The third kappa shape index (κ3) is 2.13. The highest BCUT2D eigenvalue weighted by Gasteiger charge is 2.15. The summed E-state index contributed by atoms with van der Waals surface area (Å²) in [6.07, 6.45) is 9.73. The maximum atomic E-state index is 3.93. The molecule has 0 radical (unpaired) electrons. The van der Waals surface area contributed by atoms with Crippen LogP contribution in [0.2, 0.25) is 0 Å². The van der Waals surface area contributed by atoms with E-state index in [1.165, 1.54) is 28.9 Å². The molecule has 88 valence electrons. The maximum absolute atomic E-state index is 3.93. The molecule has 0 saturated carbocycles. The molecule has 0 amide bonds. The third-order valence-corrected chi connectivity index (χ3v) is 3.08. The zero-order valence-corrected chi connectivity index (χ0v) is 11.0. The quantitative estimate of drug-likeness (QED) is 0.696. The Morgan fingerprint density at radius 1 is 1.19 bits per heavy atom. The van der Waals surface area contributed by atoms with Crippen molar-refractivity contribution in [2.45, 2.75) is 40.0 Å². The first-order valence-corrected chi connectivity index (χ1v) is 6.16. The van der Waals surface area contributed by atoms with Gasteiger partial charge in [-0.25, -0.2) is 0 Å². The topological polar surface area (TPSA) is 4.93 Å². The molecule has 0 spiro atoms. The molecule has 0 N–H and O–H groups in total. The van der Waals surface area contributed by atoms with Crippen molar-refractivity contribution in [3.8, 4) is 0 Å². The zero-order valence-electron chi connectivity index (χ0n) is 11.0. The largest absolute Gasteiger partial charge is 0.344 e. The van der Waals surface area contributed by atoms with Crippen molar-refractivity contribution in [3.05, 3.63) is 35.2 Å². The van der Waals surface area contributed by atoms with E-state index in [0.717, 1.165) is 12.8 Å². The van der Waals surface area contributed by atoms with Gasteiger partial charge in [0.15, 0.2) is 0 Å². The van der Waals surface area contributed by atoms with Crippen molar-refractivity contribution >= 4 is 12.2 Å². The summed E-state index contributed by atoms with van der Waals surface area (Å²) in [7, 11) is 2.13. The number of hydrogen-bond acceptors (Lipinski definition) is 0. The SMILES string of the molecule is C=Cc1c(CC)c(CCC)c(/C=C\C)n1C. The normalized spacial score (nSPS) is 11.2. The minimum atomic E-state index is 1.09. The van der Waals surface area contributed by atoms with E-state index in [1.807, 2.05) is 6.08 Å². The second kappa shape index (κ2) is 5.74. The van der Waals surface area contributed by atoms with E-state index >= 15 is 0 Å². The second-order valence-corrected chi connectivity index (χ2v) is 4.09. The fourth-order valence-electron chi connectivity index (χ4n) is 2.40. The third-order valence-electron chi connectivity index (χ3n) is 3.08. The van der Waals surface area contributed by atoms with Crippen LogP contribution in [0.3, 0.4) is 0 Å². The standard InChI is InChI=1S/C15H23N/c1-6-10-13-12(8-3)14(9-4)16(5)15(13)11-7-2/h7,9,11H,4,6,8,10H2,1-3,5H3/b11-7-. The molecule has 0 atom stereocenters. The first-order valence-electron chi connectivity index (χ1n) is 6.16. The fraction of sp³-hybridized carbons (Fsp3) is 0.467. The summed E-state index contributed by atoms with van der Waals surface area (Å²) >= 11 is 0. The second-order valence-electron chi connectivity index (χ2n) is 4.09. The molecule has 1 aromatic rings. The molecule has 0 aliphatic rings. The fourth-order valence-corrected chi connectivity index (χ4v) is 2.40. The summed E-state index contributed by atoms with van der Waals surface area (Å²) in [5.74, 6) is 0. The number of hydrogen-bond donors (Lipinski definition) is 0. The van der Waals surface area contributed by atoms with E-state index in [2.05, 4.69) is 51.1 Å². The molecule has 0 unspecified atom stereocenters. The minimum absolute atomic E-state index is 1.09. The lowest BCUT2D eigenvalue weighted by Crippen LogP contribution is -1.94. The summed E-state index contributed by atoms with van der Waals surface area (Å²) in [5, 5.41) is 0. The molecule has 1 heteroatoms. The molecule has 0 aromatic carbocycles. The van der Waals surface area contributed by atoms with Gasteiger partial charge in [-0.2, -0.15) is 0 Å². The van der Waals surface area contributed by atoms with Crippen LogP contribution in [0.4, 0.5) is 0 Å². The van der Waals surface area contributed by atoms with Crippen LogP contribution in [-0.2, 0) is 19.9 Å². The number of rotatable bonds is 5. The number of allylic oxidation sites excluding steroid dienone is 1. The van der Waals surface area contributed by atoms with Gasteiger partial charge in [-0.15, -0.1) is 0 Å². The summed E-state index contributed by atoms with van der Waals surface area (Å²) < 4.78 is 2.26. The Hall–Kier alpha value is -1.24. The number of nitrogens with zero attached hydrogens (tertiary/aromatic N) is 1. The molecule has 0 saturated heterocycles. The predicted molar refractivity (Wildman–Crippen MR) is 73.6 cm³/mol. The van der Waals surface area contributed by atoms with Gasteiger partial charge in [0.25, 0.3) is 0 Å². The van der Waals surface area contributed by atoms with E-state index in [0.29, 0.717) is 0 Å². The minimum Gasteiger partial charge on any atom is -0.344 e. The molecule has 1 aromatic heterocycles. The van der Waals surface area contributed by atoms with Crippen LogP contribution in [0.15, 0.2) is 12.7 Å². The lowest BCUT2D eigenvalue weighted by molar-refractivity contribution is 0.873. The molecule has 0 aliphatic heterocycles. The van der Waals surface area contributed by atoms with Crippen molar-refractivity contribution in [1.82, 2.24) is 4.57 Å². The molecule has 0 aliphatic carbocycles. The predicted octanol–water partition coefficient (Wildman–Crippen LogP) is 4.22. The van der Waals surface area contributed by atoms with Gasteiger partial charge in [0.2, 0.25) is 0 Å². The Labute approximate surface area is 99.5 Å². The van der Waals surface area contributed by atoms with Crippen LogP contribution in [0.1, 0.15) is 49.7 Å². The Balaban J connectivity index is 3.44. The van der Waals surface area contributed by atoms with Crippen molar-refractivity contribution in [2.24, 2.45) is 7.05 Å². The van der Waals surface area contributed by atoms with Crippen LogP contribution in [0, 0.1) is 0 Å². The molecule has 1 heterocycles. The van der Waals surface area contributed by atoms with E-state index in [9.17, 15) is 0 Å². The molecular weight excluding hydrogens is 194 g/mol. The smallest absolute Gasteiger partial charge is 0.0440 e. The van der Waals surface area contributed by atoms with E-state index < -0.39 is 0 Å². The maximum Gasteiger partial charge on any atom is 0.0440 e. The monoisotopic (exact) mass is 217 g/mol. The van der Waals surface area contributed by atoms with Crippen molar-refractivity contribution in [1.29, 1.82) is 0 Å². The van der Waals surface area contributed by atoms with E-state index in [-0.39, 0.29) is 0 Å². The summed E-state index contributed by atoms with van der Waals surface area (Å²) in [5.41, 5.74) is 5.59. The summed E-state index contributed by atoms with van der Waals surface area (Å²) in [6, 6.07) is 0. The van der Waals surface area contributed by atoms with Gasteiger partial charge in [0, 0.05) is 18.4 Å². The van der Waals surface area contributed by atoms with Crippen LogP contribution in [0.25, 0.3) is 12.2 Å². The average Bonchev–Trinajstić information content (AvgIpc) is 2.53. The highest BCUT2D eigenvalue weighted by molar-refractivity contribution is 5.62. The molecule has 1 rings (SSSR count). The molecular formula is C15H23N. The molecule has 0 fully saturated rings. The highest BCUT2D eigenvalue weighted by Crippen LogP contribution is 2.26. The van der Waals surface area contributed by atoms with Gasteiger partial charge in [0.1, 0.15) is 0 Å². The van der Waals surface area contributed by atoms with Crippen LogP contribution in [0.5, 0.6) is 0 Å². The molecule has 0 bridgehead atoms. The summed E-state index contributed by atoms with van der Waals surface area (Å²) in [4.78, 5) is 0. The first-order chi connectivity index (χ1) is 7.71. The zero-order chi connectivity index (χ0) is 12.1. The van der Waals surface area contributed by atoms with Crippen LogP contribution >= 0.6 is 0 Å². The lowest BCUT2D eigenvalue weighted by atomic mass is 10.0. The highest BCUT2D eigenvalue weighted by atomic mass is 15.0. The van der Waals surface area contributed by atoms with Crippen molar-refractivity contribution in [2.75, 3.05) is 0 Å². The molecule has 16 heavy (non-hydrogen) atoms. The van der Waals surface area contributed by atoms with Gasteiger partial charge in [0.05, 0.1) is 0 Å². The van der Waals surface area contributed by atoms with Gasteiger partial charge in [-0.05, 0) is 43.0 Å². The molecule has 1 nitrogen and oxygen atoms in total. The van der Waals surface area contributed by atoms with Crippen molar-refractivity contribution < 1.29 is 0 Å². The van der Waals surface area contributed by atoms with Gasteiger partial charge < -0.3 is 4.57 Å². The Bertz CT molecular complexity index is 394. The Morgan fingerprint density at radius 3 is 2.31 bits per heavy atom. The Kier molecular flexibility index (Phi) is 4.60. The number of aromatic nitrogens is 1.